The topological polar surface area (TPSA) is 59.0 Å². The zero-order valence-electron chi connectivity index (χ0n) is 13.6. The number of carbonyl (C=O) groups is 1. The van der Waals surface area contributed by atoms with Crippen LogP contribution in [-0.2, 0) is 13.6 Å². The molecule has 0 aliphatic heterocycles. The lowest BCUT2D eigenvalue weighted by molar-refractivity contribution is 0.236. The fraction of sp³-hybridized carbons (Fsp3) is 0.556. The van der Waals surface area contributed by atoms with Crippen LogP contribution in [-0.4, -0.2) is 21.6 Å². The predicted octanol–water partition coefficient (Wildman–Crippen LogP) is 3.19. The summed E-state index contributed by atoms with van der Waals surface area (Å²) in [6.07, 6.45) is 7.18. The van der Waals surface area contributed by atoms with Gasteiger partial charge >= 0.3 is 6.03 Å². The highest BCUT2D eigenvalue weighted by Gasteiger charge is 2.28. The number of aryl methyl sites for hydroxylation is 1. The van der Waals surface area contributed by atoms with E-state index < -0.39 is 0 Å². The first-order valence-electron chi connectivity index (χ1n) is 8.70. The summed E-state index contributed by atoms with van der Waals surface area (Å²) in [5.74, 6) is 1.84. The first kappa shape index (κ1) is 14.5. The van der Waals surface area contributed by atoms with Crippen molar-refractivity contribution in [3.05, 3.63) is 29.6 Å². The van der Waals surface area contributed by atoms with Crippen molar-refractivity contribution in [1.82, 2.24) is 20.2 Å². The van der Waals surface area contributed by atoms with E-state index in [2.05, 4.69) is 40.4 Å². The molecule has 0 bridgehead atoms. The number of hydrogen-bond acceptors (Lipinski definition) is 2. The van der Waals surface area contributed by atoms with Crippen molar-refractivity contribution in [3.8, 4) is 0 Å². The number of urea groups is 1. The number of imidazole rings is 1. The fourth-order valence-electron chi connectivity index (χ4n) is 3.57. The van der Waals surface area contributed by atoms with E-state index >= 15 is 0 Å². The van der Waals surface area contributed by atoms with Gasteiger partial charge in [0.2, 0.25) is 0 Å². The second kappa shape index (κ2) is 5.87. The Morgan fingerprint density at radius 2 is 2.04 bits per heavy atom. The molecular weight excluding hydrogens is 288 g/mol. The van der Waals surface area contributed by atoms with Crippen molar-refractivity contribution < 1.29 is 4.79 Å². The third-order valence-corrected chi connectivity index (χ3v) is 5.07. The monoisotopic (exact) mass is 312 g/mol. The number of benzene rings is 1. The zero-order chi connectivity index (χ0) is 15.8. The minimum atomic E-state index is -0.0586. The summed E-state index contributed by atoms with van der Waals surface area (Å²) in [7, 11) is 2.09. The number of nitrogens with zero attached hydrogens (tertiary/aromatic N) is 2. The van der Waals surface area contributed by atoms with E-state index in [4.69, 9.17) is 4.98 Å². The lowest BCUT2D eigenvalue weighted by atomic mass is 10.2. The molecule has 2 fully saturated rings. The summed E-state index contributed by atoms with van der Waals surface area (Å²) >= 11 is 0. The summed E-state index contributed by atoms with van der Waals surface area (Å²) in [5.41, 5.74) is 3.30. The molecule has 5 nitrogen and oxygen atoms in total. The van der Waals surface area contributed by atoms with Crippen molar-refractivity contribution >= 4 is 17.1 Å². The van der Waals surface area contributed by atoms with Crippen LogP contribution in [0.25, 0.3) is 11.0 Å². The second-order valence-electron chi connectivity index (χ2n) is 6.93. The molecule has 1 heterocycles. The molecule has 1 aromatic heterocycles. The molecular formula is C18H24N4O. The quantitative estimate of drug-likeness (QED) is 0.911. The molecule has 2 amide bonds. The normalized spacial score (nSPS) is 18.5. The van der Waals surface area contributed by atoms with E-state index in [0.29, 0.717) is 18.5 Å². The van der Waals surface area contributed by atoms with E-state index in [1.165, 1.54) is 37.0 Å². The lowest BCUT2D eigenvalue weighted by Crippen LogP contribution is -2.40. The maximum Gasteiger partial charge on any atom is 0.315 e. The summed E-state index contributed by atoms with van der Waals surface area (Å²) in [4.78, 5) is 16.7. The molecule has 2 saturated carbocycles. The van der Waals surface area contributed by atoms with Gasteiger partial charge in [0.15, 0.2) is 0 Å². The van der Waals surface area contributed by atoms with Crippen LogP contribution in [0.4, 0.5) is 4.79 Å². The molecule has 0 spiro atoms. The highest BCUT2D eigenvalue weighted by molar-refractivity contribution is 5.78. The van der Waals surface area contributed by atoms with E-state index in [-0.39, 0.29) is 6.03 Å². The molecule has 23 heavy (non-hydrogen) atoms. The van der Waals surface area contributed by atoms with Gasteiger partial charge in [-0.3, -0.25) is 0 Å². The Kier molecular flexibility index (Phi) is 3.71. The van der Waals surface area contributed by atoms with Crippen LogP contribution in [0.15, 0.2) is 18.2 Å². The van der Waals surface area contributed by atoms with E-state index in [9.17, 15) is 4.79 Å². The Morgan fingerprint density at radius 1 is 1.26 bits per heavy atom. The molecule has 2 aromatic rings. The molecule has 0 saturated heterocycles. The van der Waals surface area contributed by atoms with Crippen molar-refractivity contribution in [2.24, 2.45) is 7.05 Å². The van der Waals surface area contributed by atoms with Crippen LogP contribution in [0, 0.1) is 0 Å². The van der Waals surface area contributed by atoms with Gasteiger partial charge in [-0.2, -0.15) is 0 Å². The molecule has 0 radical (unpaired) electrons. The number of fused-ring (bicyclic) bond motifs is 1. The van der Waals surface area contributed by atoms with Gasteiger partial charge in [-0.25, -0.2) is 9.78 Å². The Balaban J connectivity index is 1.41. The van der Waals surface area contributed by atoms with Gasteiger partial charge in [-0.05, 0) is 43.4 Å². The molecule has 5 heteroatoms. The lowest BCUT2D eigenvalue weighted by Gasteiger charge is -2.13. The summed E-state index contributed by atoms with van der Waals surface area (Å²) < 4.78 is 2.21. The van der Waals surface area contributed by atoms with Gasteiger partial charge in [0.1, 0.15) is 5.82 Å². The van der Waals surface area contributed by atoms with Crippen molar-refractivity contribution in [2.45, 2.75) is 57.0 Å². The predicted molar refractivity (Wildman–Crippen MR) is 90.3 cm³/mol. The van der Waals surface area contributed by atoms with Crippen molar-refractivity contribution in [2.75, 3.05) is 0 Å². The second-order valence-corrected chi connectivity index (χ2v) is 6.93. The molecule has 1 aromatic carbocycles. The summed E-state index contributed by atoms with van der Waals surface area (Å²) in [5, 5.41) is 6.02. The van der Waals surface area contributed by atoms with E-state index in [1.54, 1.807) is 0 Å². The number of rotatable bonds is 4. The van der Waals surface area contributed by atoms with Crippen molar-refractivity contribution in [3.63, 3.8) is 0 Å². The van der Waals surface area contributed by atoms with Gasteiger partial charge in [-0.1, -0.05) is 18.9 Å². The molecule has 2 N–H and O–H groups in total. The van der Waals surface area contributed by atoms with E-state index in [1.807, 2.05) is 0 Å². The third-order valence-electron chi connectivity index (χ3n) is 5.07. The molecule has 122 valence electrons. The Bertz CT molecular complexity index is 726. The Hall–Kier alpha value is -2.04. The van der Waals surface area contributed by atoms with Crippen LogP contribution in [0.1, 0.15) is 55.8 Å². The maximum atomic E-state index is 11.9. The average molecular weight is 312 g/mol. The number of hydrogen-bond donors (Lipinski definition) is 2. The maximum absolute atomic E-state index is 11.9. The largest absolute Gasteiger partial charge is 0.335 e. The minimum Gasteiger partial charge on any atom is -0.335 e. The van der Waals surface area contributed by atoms with Crippen LogP contribution < -0.4 is 10.6 Å². The van der Waals surface area contributed by atoms with Gasteiger partial charge in [-0.15, -0.1) is 0 Å². The molecule has 2 aliphatic rings. The molecule has 0 unspecified atom stereocenters. The number of carbonyl (C=O) groups excluding carboxylic acids is 1. The van der Waals surface area contributed by atoms with E-state index in [0.717, 1.165) is 23.9 Å². The number of aromatic nitrogens is 2. The summed E-state index contributed by atoms with van der Waals surface area (Å²) in [6, 6.07) is 6.58. The first-order chi connectivity index (χ1) is 11.2. The fourth-order valence-corrected chi connectivity index (χ4v) is 3.57. The van der Waals surface area contributed by atoms with Crippen LogP contribution >= 0.6 is 0 Å². The van der Waals surface area contributed by atoms with Gasteiger partial charge in [0.25, 0.3) is 0 Å². The van der Waals surface area contributed by atoms with Crippen LogP contribution in [0.3, 0.4) is 0 Å². The number of amides is 2. The average Bonchev–Trinajstić information content (AvgIpc) is 3.17. The van der Waals surface area contributed by atoms with Crippen LogP contribution in [0.2, 0.25) is 0 Å². The van der Waals surface area contributed by atoms with Gasteiger partial charge in [0, 0.05) is 25.6 Å². The smallest absolute Gasteiger partial charge is 0.315 e. The summed E-state index contributed by atoms with van der Waals surface area (Å²) in [6.45, 7) is 0.545. The standard InChI is InChI=1S/C18H24N4O/c1-22-16-9-6-12(10-15(16)21-17(22)13-7-8-13)11-19-18(23)20-14-4-2-3-5-14/h6,9-10,13-14H,2-5,7-8,11H2,1H3,(H2,19,20,23). The number of nitrogens with one attached hydrogen (secondary N) is 2. The molecule has 0 atom stereocenters. The highest BCUT2D eigenvalue weighted by Crippen LogP contribution is 2.40. The Labute approximate surface area is 136 Å². The zero-order valence-corrected chi connectivity index (χ0v) is 13.6. The van der Waals surface area contributed by atoms with Gasteiger partial charge < -0.3 is 15.2 Å². The SMILES string of the molecule is Cn1c(C2CC2)nc2cc(CNC(=O)NC3CCCC3)ccc21. The Morgan fingerprint density at radius 3 is 2.78 bits per heavy atom. The third kappa shape index (κ3) is 3.05. The molecule has 4 rings (SSSR count). The van der Waals surface area contributed by atoms with Gasteiger partial charge in [0.05, 0.1) is 11.0 Å². The minimum absolute atomic E-state index is 0.0586. The highest BCUT2D eigenvalue weighted by atomic mass is 16.2. The molecule has 2 aliphatic carbocycles. The van der Waals surface area contributed by atoms with Crippen molar-refractivity contribution in [1.29, 1.82) is 0 Å². The van der Waals surface area contributed by atoms with Crippen LogP contribution in [0.5, 0.6) is 0 Å². The first-order valence-corrected chi connectivity index (χ1v) is 8.70.